The third kappa shape index (κ3) is 2.68. The predicted octanol–water partition coefficient (Wildman–Crippen LogP) is 3.23. The van der Waals surface area contributed by atoms with Crippen LogP contribution in [-0.2, 0) is 0 Å². The summed E-state index contributed by atoms with van der Waals surface area (Å²) < 4.78 is 69.6. The average molecular weight is 319 g/mol. The Hall–Kier alpha value is -2.03. The lowest BCUT2D eigenvalue weighted by atomic mass is 10.0. The number of benzene rings is 1. The molecule has 1 fully saturated rings. The van der Waals surface area contributed by atoms with Crippen LogP contribution in [0, 0.1) is 17.6 Å². The van der Waals surface area contributed by atoms with E-state index in [-0.39, 0.29) is 30.2 Å². The topological polar surface area (TPSA) is 51.0 Å². The van der Waals surface area contributed by atoms with Crippen LogP contribution in [0.2, 0.25) is 0 Å². The molecule has 2 aromatic rings. The van der Waals surface area contributed by atoms with Crippen molar-refractivity contribution < 1.29 is 26.5 Å². The van der Waals surface area contributed by atoms with E-state index in [1.54, 1.807) is 0 Å². The summed E-state index contributed by atoms with van der Waals surface area (Å²) in [5.74, 6) is -4.08. The number of aromatic nitrogens is 2. The molecule has 4 nitrogen and oxygen atoms in total. The van der Waals surface area contributed by atoms with Gasteiger partial charge < -0.3 is 9.84 Å². The second-order valence-electron chi connectivity index (χ2n) is 4.95. The van der Waals surface area contributed by atoms with Crippen LogP contribution in [0.4, 0.5) is 22.0 Å². The van der Waals surface area contributed by atoms with Crippen LogP contribution in [0.15, 0.2) is 22.7 Å². The number of alkyl halides is 3. The van der Waals surface area contributed by atoms with E-state index in [0.29, 0.717) is 0 Å². The van der Waals surface area contributed by atoms with Crippen LogP contribution in [0.25, 0.3) is 11.4 Å². The third-order valence-electron chi connectivity index (χ3n) is 3.53. The van der Waals surface area contributed by atoms with Gasteiger partial charge in [0.25, 0.3) is 0 Å². The van der Waals surface area contributed by atoms with E-state index in [0.717, 1.165) is 12.1 Å². The smallest absolute Gasteiger partial charge is 0.337 e. The van der Waals surface area contributed by atoms with Crippen LogP contribution in [0.5, 0.6) is 0 Å². The molecule has 22 heavy (non-hydrogen) atoms. The van der Waals surface area contributed by atoms with Crippen molar-refractivity contribution in [2.45, 2.75) is 18.6 Å². The number of nitrogens with zero attached hydrogens (tertiary/aromatic N) is 2. The molecule has 118 valence electrons. The SMILES string of the molecule is Fc1ccc(-c2noc([C@H]3NCC[C@@H]3C(F)(F)F)n2)cc1F. The van der Waals surface area contributed by atoms with Crippen molar-refractivity contribution in [2.24, 2.45) is 5.92 Å². The van der Waals surface area contributed by atoms with Crippen molar-refractivity contribution in [3.8, 4) is 11.4 Å². The summed E-state index contributed by atoms with van der Waals surface area (Å²) in [5.41, 5.74) is 0.121. The summed E-state index contributed by atoms with van der Waals surface area (Å²) in [6.45, 7) is 0.178. The normalized spacial score (nSPS) is 22.2. The molecular weight excluding hydrogens is 309 g/mol. The van der Waals surface area contributed by atoms with Crippen LogP contribution in [0.3, 0.4) is 0 Å². The standard InChI is InChI=1S/C13H10F5N3O/c14-8-2-1-6(5-9(8)15)11-20-12(22-21-11)10-7(3-4-19-10)13(16,17)18/h1-2,5,7,10,19H,3-4H2/t7-,10-/m0/s1. The van der Waals surface area contributed by atoms with Gasteiger partial charge in [-0.25, -0.2) is 8.78 Å². The van der Waals surface area contributed by atoms with E-state index < -0.39 is 29.8 Å². The van der Waals surface area contributed by atoms with Crippen LogP contribution in [-0.4, -0.2) is 22.9 Å². The lowest BCUT2D eigenvalue weighted by Crippen LogP contribution is -2.29. The predicted molar refractivity (Wildman–Crippen MR) is 64.6 cm³/mol. The Morgan fingerprint density at radius 3 is 2.64 bits per heavy atom. The molecule has 0 amide bonds. The molecule has 3 rings (SSSR count). The monoisotopic (exact) mass is 319 g/mol. The molecule has 0 spiro atoms. The minimum absolute atomic E-state index is 0.0863. The van der Waals surface area contributed by atoms with Gasteiger partial charge in [-0.15, -0.1) is 0 Å². The summed E-state index contributed by atoms with van der Waals surface area (Å²) in [5, 5.41) is 6.20. The van der Waals surface area contributed by atoms with Crippen molar-refractivity contribution in [2.75, 3.05) is 6.54 Å². The van der Waals surface area contributed by atoms with Crippen molar-refractivity contribution >= 4 is 0 Å². The van der Waals surface area contributed by atoms with Gasteiger partial charge in [0.15, 0.2) is 11.6 Å². The molecule has 1 aliphatic rings. The molecule has 1 aromatic heterocycles. The molecule has 0 aliphatic carbocycles. The lowest BCUT2D eigenvalue weighted by Gasteiger charge is -2.18. The molecule has 1 aromatic carbocycles. The highest BCUT2D eigenvalue weighted by atomic mass is 19.4. The van der Waals surface area contributed by atoms with Crippen LogP contribution >= 0.6 is 0 Å². The van der Waals surface area contributed by atoms with Crippen molar-refractivity contribution in [3.05, 3.63) is 35.7 Å². The van der Waals surface area contributed by atoms with E-state index >= 15 is 0 Å². The molecule has 1 saturated heterocycles. The highest BCUT2D eigenvalue weighted by Gasteiger charge is 2.49. The van der Waals surface area contributed by atoms with Gasteiger partial charge in [0, 0.05) is 5.56 Å². The zero-order chi connectivity index (χ0) is 15.9. The minimum atomic E-state index is -4.38. The quantitative estimate of drug-likeness (QED) is 0.864. The number of hydrogen-bond donors (Lipinski definition) is 1. The lowest BCUT2D eigenvalue weighted by molar-refractivity contribution is -0.178. The number of nitrogens with one attached hydrogen (secondary N) is 1. The van der Waals surface area contributed by atoms with E-state index in [1.807, 2.05) is 0 Å². The molecule has 0 saturated carbocycles. The Balaban J connectivity index is 1.89. The second kappa shape index (κ2) is 5.31. The highest BCUT2D eigenvalue weighted by Crippen LogP contribution is 2.41. The fourth-order valence-electron chi connectivity index (χ4n) is 2.43. The molecule has 0 unspecified atom stereocenters. The van der Waals surface area contributed by atoms with Gasteiger partial charge in [-0.2, -0.15) is 18.2 Å². The zero-order valence-electron chi connectivity index (χ0n) is 11.0. The average Bonchev–Trinajstić information content (AvgIpc) is 3.08. The summed E-state index contributed by atoms with van der Waals surface area (Å²) >= 11 is 0. The first kappa shape index (κ1) is 14.9. The first-order valence-corrected chi connectivity index (χ1v) is 6.45. The van der Waals surface area contributed by atoms with Gasteiger partial charge in [0.1, 0.15) is 0 Å². The number of halogens is 5. The van der Waals surface area contributed by atoms with Gasteiger partial charge in [0.2, 0.25) is 11.7 Å². The fraction of sp³-hybridized carbons (Fsp3) is 0.385. The third-order valence-corrected chi connectivity index (χ3v) is 3.53. The van der Waals surface area contributed by atoms with E-state index in [9.17, 15) is 22.0 Å². The highest BCUT2D eigenvalue weighted by molar-refractivity contribution is 5.54. The minimum Gasteiger partial charge on any atom is -0.337 e. The zero-order valence-corrected chi connectivity index (χ0v) is 11.0. The van der Waals surface area contributed by atoms with Gasteiger partial charge in [-0.05, 0) is 31.2 Å². The van der Waals surface area contributed by atoms with Crippen molar-refractivity contribution in [1.29, 1.82) is 0 Å². The Labute approximate surface area is 121 Å². The Morgan fingerprint density at radius 1 is 1.18 bits per heavy atom. The van der Waals surface area contributed by atoms with E-state index in [2.05, 4.69) is 15.5 Å². The molecule has 0 bridgehead atoms. The van der Waals surface area contributed by atoms with E-state index in [1.165, 1.54) is 6.07 Å². The summed E-state index contributed by atoms with van der Waals surface area (Å²) in [7, 11) is 0. The number of rotatable bonds is 2. The van der Waals surface area contributed by atoms with Crippen molar-refractivity contribution in [3.63, 3.8) is 0 Å². The van der Waals surface area contributed by atoms with Crippen molar-refractivity contribution in [1.82, 2.24) is 15.5 Å². The summed E-state index contributed by atoms with van der Waals surface area (Å²) in [6, 6.07) is 1.82. The maximum absolute atomic E-state index is 13.2. The summed E-state index contributed by atoms with van der Waals surface area (Å²) in [4.78, 5) is 3.87. The number of hydrogen-bond acceptors (Lipinski definition) is 4. The first-order valence-electron chi connectivity index (χ1n) is 6.45. The maximum atomic E-state index is 13.2. The Bertz CT molecular complexity index is 685. The molecule has 0 radical (unpaired) electrons. The maximum Gasteiger partial charge on any atom is 0.393 e. The molecular formula is C13H10F5N3O. The van der Waals surface area contributed by atoms with Gasteiger partial charge in [-0.3, -0.25) is 0 Å². The largest absolute Gasteiger partial charge is 0.393 e. The molecule has 1 N–H and O–H groups in total. The fourth-order valence-corrected chi connectivity index (χ4v) is 2.43. The molecule has 9 heteroatoms. The Morgan fingerprint density at radius 2 is 1.95 bits per heavy atom. The Kier molecular flexibility index (Phi) is 3.59. The van der Waals surface area contributed by atoms with Gasteiger partial charge >= 0.3 is 6.18 Å². The van der Waals surface area contributed by atoms with Gasteiger partial charge in [0.05, 0.1) is 12.0 Å². The van der Waals surface area contributed by atoms with Crippen LogP contribution < -0.4 is 5.32 Å². The van der Waals surface area contributed by atoms with Crippen LogP contribution in [0.1, 0.15) is 18.4 Å². The van der Waals surface area contributed by atoms with E-state index in [4.69, 9.17) is 4.52 Å². The second-order valence-corrected chi connectivity index (χ2v) is 4.95. The van der Waals surface area contributed by atoms with Gasteiger partial charge in [-0.1, -0.05) is 5.16 Å². The molecule has 1 aliphatic heterocycles. The molecule has 2 heterocycles. The molecule has 2 atom stereocenters. The first-order chi connectivity index (χ1) is 10.4. The summed E-state index contributed by atoms with van der Waals surface area (Å²) in [6.07, 6.45) is -4.47.